The van der Waals surface area contributed by atoms with Crippen molar-refractivity contribution in [2.45, 2.75) is 69.2 Å². The molecule has 7 heteroatoms. The molecule has 2 aromatic heterocycles. The van der Waals surface area contributed by atoms with Crippen molar-refractivity contribution in [1.82, 2.24) is 14.9 Å². The lowest BCUT2D eigenvalue weighted by atomic mass is 9.89. The summed E-state index contributed by atoms with van der Waals surface area (Å²) in [4.78, 5) is 26.6. The Bertz CT molecular complexity index is 842. The lowest BCUT2D eigenvalue weighted by molar-refractivity contribution is -0.130. The van der Waals surface area contributed by atoms with Gasteiger partial charge in [0.25, 0.3) is 0 Å². The minimum absolute atomic E-state index is 0.186. The third kappa shape index (κ3) is 3.94. The van der Waals surface area contributed by atoms with Crippen LogP contribution >= 0.6 is 23.1 Å². The fraction of sp³-hybridized carbons (Fsp3) is 0.650. The molecule has 0 saturated carbocycles. The zero-order chi connectivity index (χ0) is 19.0. The van der Waals surface area contributed by atoms with Gasteiger partial charge in [0.2, 0.25) is 5.91 Å². The molecular formula is C20H28N4OS2. The van der Waals surface area contributed by atoms with E-state index in [1.54, 1.807) is 11.3 Å². The number of carbonyl (C=O) groups is 1. The number of carbonyl (C=O) groups excluding carboxylic acids is 1. The molecule has 0 aromatic carbocycles. The van der Waals surface area contributed by atoms with Gasteiger partial charge in [-0.05, 0) is 50.5 Å². The van der Waals surface area contributed by atoms with Gasteiger partial charge < -0.3 is 10.6 Å². The molecule has 1 saturated heterocycles. The van der Waals surface area contributed by atoms with Crippen LogP contribution in [0.4, 0.5) is 5.82 Å². The van der Waals surface area contributed by atoms with Crippen LogP contribution in [0.2, 0.25) is 0 Å². The van der Waals surface area contributed by atoms with E-state index in [0.29, 0.717) is 11.0 Å². The summed E-state index contributed by atoms with van der Waals surface area (Å²) in [6.07, 6.45) is 8.06. The lowest BCUT2D eigenvalue weighted by Crippen LogP contribution is -2.37. The number of aryl methyl sites for hydroxylation is 1. The van der Waals surface area contributed by atoms with Gasteiger partial charge in [-0.2, -0.15) is 0 Å². The molecule has 2 atom stereocenters. The summed E-state index contributed by atoms with van der Waals surface area (Å²) in [5.74, 6) is 1.49. The van der Waals surface area contributed by atoms with E-state index in [1.165, 1.54) is 41.5 Å². The Hall–Kier alpha value is -1.34. The highest BCUT2D eigenvalue weighted by atomic mass is 32.2. The Balaban J connectivity index is 1.54. The first-order valence-corrected chi connectivity index (χ1v) is 11.8. The summed E-state index contributed by atoms with van der Waals surface area (Å²) < 4.78 is 0. The molecule has 2 aromatic rings. The summed E-state index contributed by atoms with van der Waals surface area (Å²) >= 11 is 3.20. The van der Waals surface area contributed by atoms with Crippen LogP contribution in [0.25, 0.3) is 10.2 Å². The largest absolute Gasteiger partial charge is 0.383 e. The summed E-state index contributed by atoms with van der Waals surface area (Å²) in [6.45, 7) is 6.02. The van der Waals surface area contributed by atoms with Gasteiger partial charge in [0.15, 0.2) is 5.16 Å². The SMILES string of the molecule is CC1CCc2c(sc3nc(SC(C)C(=O)N4CCCCCC4)nc(N)c23)C1. The predicted octanol–water partition coefficient (Wildman–Crippen LogP) is 4.28. The van der Waals surface area contributed by atoms with E-state index in [0.717, 1.165) is 54.9 Å². The number of nitrogen functional groups attached to an aromatic ring is 1. The average molecular weight is 405 g/mol. The lowest BCUT2D eigenvalue weighted by Gasteiger charge is -2.23. The molecular weight excluding hydrogens is 376 g/mol. The van der Waals surface area contributed by atoms with E-state index in [4.69, 9.17) is 10.7 Å². The average Bonchev–Trinajstić information content (AvgIpc) is 2.80. The number of amides is 1. The van der Waals surface area contributed by atoms with Crippen molar-refractivity contribution < 1.29 is 4.79 Å². The maximum absolute atomic E-state index is 12.8. The fourth-order valence-corrected chi connectivity index (χ4v) is 6.47. The van der Waals surface area contributed by atoms with Crippen LogP contribution in [0.3, 0.4) is 0 Å². The Kier molecular flexibility index (Phi) is 5.60. The van der Waals surface area contributed by atoms with Crippen LogP contribution in [0.15, 0.2) is 5.16 Å². The second kappa shape index (κ2) is 7.95. The zero-order valence-corrected chi connectivity index (χ0v) is 17.8. The van der Waals surface area contributed by atoms with Gasteiger partial charge in [0, 0.05) is 18.0 Å². The van der Waals surface area contributed by atoms with E-state index < -0.39 is 0 Å². The van der Waals surface area contributed by atoms with Crippen molar-refractivity contribution in [2.75, 3.05) is 18.8 Å². The van der Waals surface area contributed by atoms with Crippen LogP contribution in [0.1, 0.15) is 56.4 Å². The molecule has 3 heterocycles. The fourth-order valence-electron chi connectivity index (χ4n) is 4.16. The van der Waals surface area contributed by atoms with Crippen LogP contribution in [-0.4, -0.2) is 39.1 Å². The van der Waals surface area contributed by atoms with Crippen molar-refractivity contribution in [3.05, 3.63) is 10.4 Å². The summed E-state index contributed by atoms with van der Waals surface area (Å²) in [5, 5.41) is 1.50. The highest BCUT2D eigenvalue weighted by molar-refractivity contribution is 8.00. The summed E-state index contributed by atoms with van der Waals surface area (Å²) in [5.41, 5.74) is 7.68. The Labute approximate surface area is 169 Å². The number of nitrogens with zero attached hydrogens (tertiary/aromatic N) is 3. The molecule has 0 radical (unpaired) electrons. The number of hydrogen-bond acceptors (Lipinski definition) is 6. The molecule has 0 spiro atoms. The van der Waals surface area contributed by atoms with E-state index in [-0.39, 0.29) is 11.2 Å². The van der Waals surface area contributed by atoms with Gasteiger partial charge in [-0.3, -0.25) is 4.79 Å². The number of anilines is 1. The number of rotatable bonds is 3. The Morgan fingerprint density at radius 1 is 1.26 bits per heavy atom. The second-order valence-electron chi connectivity index (χ2n) is 7.92. The van der Waals surface area contributed by atoms with E-state index in [1.807, 2.05) is 11.8 Å². The van der Waals surface area contributed by atoms with Gasteiger partial charge in [-0.1, -0.05) is 31.5 Å². The third-order valence-electron chi connectivity index (χ3n) is 5.71. The molecule has 0 bridgehead atoms. The molecule has 27 heavy (non-hydrogen) atoms. The highest BCUT2D eigenvalue weighted by Crippen LogP contribution is 2.40. The first kappa shape index (κ1) is 19.0. The minimum Gasteiger partial charge on any atom is -0.383 e. The van der Waals surface area contributed by atoms with Gasteiger partial charge >= 0.3 is 0 Å². The molecule has 2 N–H and O–H groups in total. The van der Waals surface area contributed by atoms with Gasteiger partial charge in [0.05, 0.1) is 10.6 Å². The van der Waals surface area contributed by atoms with E-state index >= 15 is 0 Å². The van der Waals surface area contributed by atoms with E-state index in [9.17, 15) is 4.79 Å². The van der Waals surface area contributed by atoms with Gasteiger partial charge in [-0.25, -0.2) is 9.97 Å². The van der Waals surface area contributed by atoms with Crippen LogP contribution in [0.5, 0.6) is 0 Å². The normalized spacial score (nSPS) is 21.7. The van der Waals surface area contributed by atoms with Gasteiger partial charge in [-0.15, -0.1) is 11.3 Å². The quantitative estimate of drug-likeness (QED) is 0.610. The van der Waals surface area contributed by atoms with Crippen LogP contribution in [0, 0.1) is 5.92 Å². The van der Waals surface area contributed by atoms with Crippen molar-refractivity contribution >= 4 is 45.0 Å². The topological polar surface area (TPSA) is 72.1 Å². The number of hydrogen-bond donors (Lipinski definition) is 1. The monoisotopic (exact) mass is 404 g/mol. The number of thiophene rings is 1. The number of likely N-dealkylation sites (tertiary alicyclic amines) is 1. The maximum atomic E-state index is 12.8. The molecule has 5 nitrogen and oxygen atoms in total. The molecule has 1 fully saturated rings. The standard InChI is InChI=1S/C20H28N4OS2/c1-12-7-8-14-15(11-12)27-18-16(14)17(21)22-20(23-18)26-13(2)19(25)24-9-5-3-4-6-10-24/h12-13H,3-11H2,1-2H3,(H2,21,22,23). The third-order valence-corrected chi connectivity index (χ3v) is 7.81. The number of nitrogens with two attached hydrogens (primary N) is 1. The van der Waals surface area contributed by atoms with Crippen molar-refractivity contribution in [2.24, 2.45) is 5.92 Å². The molecule has 4 rings (SSSR count). The van der Waals surface area contributed by atoms with Gasteiger partial charge in [0.1, 0.15) is 10.6 Å². The smallest absolute Gasteiger partial charge is 0.235 e. The maximum Gasteiger partial charge on any atom is 0.235 e. The Morgan fingerprint density at radius 2 is 2.00 bits per heavy atom. The van der Waals surface area contributed by atoms with Crippen LogP contribution in [-0.2, 0) is 17.6 Å². The first-order chi connectivity index (χ1) is 13.0. The van der Waals surface area contributed by atoms with E-state index in [2.05, 4.69) is 11.9 Å². The summed E-state index contributed by atoms with van der Waals surface area (Å²) in [7, 11) is 0. The molecule has 2 aliphatic rings. The van der Waals surface area contributed by atoms with Crippen LogP contribution < -0.4 is 5.73 Å². The number of aromatic nitrogens is 2. The molecule has 2 unspecified atom stereocenters. The van der Waals surface area contributed by atoms with Crippen molar-refractivity contribution in [3.8, 4) is 0 Å². The molecule has 1 aliphatic carbocycles. The molecule has 1 aliphatic heterocycles. The van der Waals surface area contributed by atoms with Crippen molar-refractivity contribution in [3.63, 3.8) is 0 Å². The minimum atomic E-state index is -0.186. The highest BCUT2D eigenvalue weighted by Gasteiger charge is 2.26. The van der Waals surface area contributed by atoms with Crippen molar-refractivity contribution in [1.29, 1.82) is 0 Å². The molecule has 1 amide bonds. The second-order valence-corrected chi connectivity index (χ2v) is 10.3. The number of thioether (sulfide) groups is 1. The predicted molar refractivity (Wildman–Crippen MR) is 113 cm³/mol. The first-order valence-electron chi connectivity index (χ1n) is 10.1. The summed E-state index contributed by atoms with van der Waals surface area (Å²) in [6, 6.07) is 0. The molecule has 146 valence electrons. The zero-order valence-electron chi connectivity index (χ0n) is 16.2. The number of fused-ring (bicyclic) bond motifs is 3. The Morgan fingerprint density at radius 3 is 2.74 bits per heavy atom.